The second kappa shape index (κ2) is 10.3. The van der Waals surface area contributed by atoms with Crippen LogP contribution in [0.4, 0.5) is 11.4 Å². The van der Waals surface area contributed by atoms with E-state index in [1.54, 1.807) is 12.1 Å². The van der Waals surface area contributed by atoms with Crippen LogP contribution in [-0.4, -0.2) is 59.6 Å². The molecule has 3 atom stereocenters. The number of aromatic nitrogens is 1. The molecule has 2 unspecified atom stereocenters. The smallest absolute Gasteiger partial charge is 0.308 e. The predicted octanol–water partition coefficient (Wildman–Crippen LogP) is 3.78. The van der Waals surface area contributed by atoms with Gasteiger partial charge >= 0.3 is 4.87 Å². The number of anilines is 2. The van der Waals surface area contributed by atoms with Crippen molar-refractivity contribution >= 4 is 52.2 Å². The monoisotopic (exact) mass is 562 g/mol. The number of imide groups is 1. The molecule has 0 bridgehead atoms. The summed E-state index contributed by atoms with van der Waals surface area (Å²) < 4.78 is 1.53. The molecule has 0 spiro atoms. The van der Waals surface area contributed by atoms with Crippen molar-refractivity contribution < 1.29 is 14.4 Å². The number of thiazole rings is 1. The second-order valence-electron chi connectivity index (χ2n) is 10.4. The summed E-state index contributed by atoms with van der Waals surface area (Å²) in [5.41, 5.74) is 2.44. The number of piperidine rings is 1. The highest BCUT2D eigenvalue weighted by atomic mass is 32.2. The van der Waals surface area contributed by atoms with Crippen molar-refractivity contribution in [1.29, 1.82) is 0 Å². The number of likely N-dealkylation sites (tertiary alicyclic amines) is 1. The summed E-state index contributed by atoms with van der Waals surface area (Å²) in [6.07, 6.45) is 3.05. The fraction of sp³-hybridized carbons (Fsp3) is 0.379. The third kappa shape index (κ3) is 4.49. The van der Waals surface area contributed by atoms with E-state index in [1.807, 2.05) is 66.4 Å². The van der Waals surface area contributed by atoms with Crippen LogP contribution < -0.4 is 14.7 Å². The van der Waals surface area contributed by atoms with Gasteiger partial charge in [0.05, 0.1) is 16.6 Å². The third-order valence-corrected chi connectivity index (χ3v) is 10.4. The molecule has 6 rings (SSSR count). The number of nitrogens with zero attached hydrogens (tertiary/aromatic N) is 4. The van der Waals surface area contributed by atoms with Gasteiger partial charge in [-0.1, -0.05) is 53.4 Å². The molecule has 8 nitrogen and oxygen atoms in total. The van der Waals surface area contributed by atoms with Gasteiger partial charge in [-0.15, -0.1) is 0 Å². The summed E-state index contributed by atoms with van der Waals surface area (Å²) in [6.45, 7) is 1.36. The number of amides is 3. The fourth-order valence-corrected chi connectivity index (χ4v) is 8.58. The van der Waals surface area contributed by atoms with Crippen molar-refractivity contribution in [3.63, 3.8) is 0 Å². The van der Waals surface area contributed by atoms with Crippen molar-refractivity contribution in [3.8, 4) is 0 Å². The molecule has 2 fully saturated rings. The zero-order valence-corrected chi connectivity index (χ0v) is 23.5. The summed E-state index contributed by atoms with van der Waals surface area (Å²) in [6, 6.07) is 16.9. The van der Waals surface area contributed by atoms with Crippen LogP contribution in [0.15, 0.2) is 64.4 Å². The summed E-state index contributed by atoms with van der Waals surface area (Å²) in [7, 11) is 3.92. The van der Waals surface area contributed by atoms with Crippen LogP contribution in [0.3, 0.4) is 0 Å². The van der Waals surface area contributed by atoms with Gasteiger partial charge in [0.25, 0.3) is 0 Å². The highest BCUT2D eigenvalue weighted by molar-refractivity contribution is 8.00. The maximum Gasteiger partial charge on any atom is 0.308 e. The Balaban J connectivity index is 1.44. The van der Waals surface area contributed by atoms with Crippen LogP contribution in [-0.2, 0) is 20.9 Å². The van der Waals surface area contributed by atoms with E-state index in [2.05, 4.69) is 0 Å². The third-order valence-electron chi connectivity index (χ3n) is 7.83. The van der Waals surface area contributed by atoms with E-state index >= 15 is 0 Å². The molecule has 3 aromatic rings. The number of carbonyl (C=O) groups is 3. The number of para-hydroxylation sites is 1. The lowest BCUT2D eigenvalue weighted by molar-refractivity contribution is -0.133. The second-order valence-corrected chi connectivity index (χ2v) is 12.6. The largest absolute Gasteiger partial charge is 0.378 e. The van der Waals surface area contributed by atoms with Crippen LogP contribution >= 0.6 is 23.1 Å². The summed E-state index contributed by atoms with van der Waals surface area (Å²) >= 11 is 2.35. The molecule has 2 saturated heterocycles. The number of hydrogen-bond acceptors (Lipinski definition) is 7. The maximum atomic E-state index is 13.9. The van der Waals surface area contributed by atoms with Gasteiger partial charge in [0, 0.05) is 43.7 Å². The lowest BCUT2D eigenvalue weighted by Gasteiger charge is -2.31. The summed E-state index contributed by atoms with van der Waals surface area (Å²) in [5.74, 6) is -1.73. The first kappa shape index (κ1) is 25.9. The summed E-state index contributed by atoms with van der Waals surface area (Å²) in [5, 5.41) is -0.0524. The average molecular weight is 563 g/mol. The number of thioether (sulfide) groups is 1. The molecule has 0 radical (unpaired) electrons. The molecule has 202 valence electrons. The molecule has 10 heteroatoms. The van der Waals surface area contributed by atoms with E-state index in [1.165, 1.54) is 21.2 Å². The van der Waals surface area contributed by atoms with Crippen molar-refractivity contribution in [2.75, 3.05) is 37.0 Å². The standard InChI is InChI=1S/C29H30N4O4S2/c1-30(2)19-13-11-18(12-14-19)22-23-24(27(36)33(26(23)35)20-9-5-3-6-10-20)38-28-25(22)39-29(37)32(28)17-21(34)31-15-7-4-8-16-31/h3,5-6,9-14,22-24H,4,7-8,15-17H2,1-2H3/t22-,23?,24?/m1/s1. The first-order valence-electron chi connectivity index (χ1n) is 13.2. The molecule has 0 aliphatic carbocycles. The molecular formula is C29H30N4O4S2. The van der Waals surface area contributed by atoms with E-state index < -0.39 is 17.1 Å². The molecule has 3 aliphatic heterocycles. The highest BCUT2D eigenvalue weighted by Crippen LogP contribution is 2.54. The SMILES string of the molecule is CN(C)c1ccc([C@H]2c3sc(=O)n(CC(=O)N4CCCCC4)c3SC3C(=O)N(c4ccccc4)C(=O)C32)cc1. The molecule has 0 saturated carbocycles. The van der Waals surface area contributed by atoms with Crippen LogP contribution in [0.1, 0.15) is 35.6 Å². The lowest BCUT2D eigenvalue weighted by atomic mass is 9.83. The lowest BCUT2D eigenvalue weighted by Crippen LogP contribution is -2.39. The van der Waals surface area contributed by atoms with E-state index in [-0.39, 0.29) is 29.1 Å². The first-order chi connectivity index (χ1) is 18.8. The van der Waals surface area contributed by atoms with Crippen LogP contribution in [0.5, 0.6) is 0 Å². The van der Waals surface area contributed by atoms with Gasteiger partial charge in [-0.2, -0.15) is 0 Å². The van der Waals surface area contributed by atoms with Crippen molar-refractivity contribution in [1.82, 2.24) is 9.47 Å². The van der Waals surface area contributed by atoms with Gasteiger partial charge in [-0.3, -0.25) is 23.7 Å². The Hall–Kier alpha value is -3.37. The molecule has 0 N–H and O–H groups in total. The normalized spacial score (nSPS) is 22.6. The Morgan fingerprint density at radius 2 is 1.62 bits per heavy atom. The Morgan fingerprint density at radius 1 is 0.923 bits per heavy atom. The summed E-state index contributed by atoms with van der Waals surface area (Å²) in [4.78, 5) is 59.9. The Bertz CT molecular complexity index is 1480. The highest BCUT2D eigenvalue weighted by Gasteiger charge is 2.56. The van der Waals surface area contributed by atoms with Crippen molar-refractivity contribution in [2.24, 2.45) is 5.92 Å². The number of rotatable bonds is 5. The minimum Gasteiger partial charge on any atom is -0.378 e. The Kier molecular flexibility index (Phi) is 6.84. The van der Waals surface area contributed by atoms with Gasteiger partial charge in [0.2, 0.25) is 17.7 Å². The fourth-order valence-electron chi connectivity index (χ4n) is 5.80. The van der Waals surface area contributed by atoms with Crippen LogP contribution in [0, 0.1) is 5.92 Å². The molecular weight excluding hydrogens is 532 g/mol. The Morgan fingerprint density at radius 3 is 2.28 bits per heavy atom. The minimum atomic E-state index is -0.686. The van der Waals surface area contributed by atoms with Gasteiger partial charge in [-0.05, 0) is 49.1 Å². The number of carbonyl (C=O) groups excluding carboxylic acids is 3. The number of fused-ring (bicyclic) bond motifs is 2. The first-order valence-corrected chi connectivity index (χ1v) is 14.9. The van der Waals surface area contributed by atoms with Gasteiger partial charge in [0.15, 0.2) is 0 Å². The number of hydrogen-bond donors (Lipinski definition) is 0. The molecule has 1 aromatic heterocycles. The van der Waals surface area contributed by atoms with Gasteiger partial charge in [0.1, 0.15) is 11.8 Å². The molecule has 39 heavy (non-hydrogen) atoms. The minimum absolute atomic E-state index is 0.0497. The van der Waals surface area contributed by atoms with Crippen LogP contribution in [0.25, 0.3) is 0 Å². The molecule has 4 heterocycles. The van der Waals surface area contributed by atoms with E-state index in [4.69, 9.17) is 0 Å². The van der Waals surface area contributed by atoms with E-state index in [0.29, 0.717) is 23.8 Å². The molecule has 3 amide bonds. The molecule has 3 aliphatic rings. The predicted molar refractivity (Wildman–Crippen MR) is 154 cm³/mol. The topological polar surface area (TPSA) is 82.9 Å². The quantitative estimate of drug-likeness (QED) is 0.440. The average Bonchev–Trinajstić information content (AvgIpc) is 3.40. The number of benzene rings is 2. The molecule has 2 aromatic carbocycles. The maximum absolute atomic E-state index is 13.9. The van der Waals surface area contributed by atoms with Crippen molar-refractivity contribution in [2.45, 2.75) is 42.0 Å². The van der Waals surface area contributed by atoms with Crippen LogP contribution in [0.2, 0.25) is 0 Å². The van der Waals surface area contributed by atoms with Crippen molar-refractivity contribution in [3.05, 3.63) is 74.7 Å². The van der Waals surface area contributed by atoms with E-state index in [9.17, 15) is 19.2 Å². The zero-order valence-electron chi connectivity index (χ0n) is 21.9. The van der Waals surface area contributed by atoms with E-state index in [0.717, 1.165) is 46.7 Å². The zero-order chi connectivity index (χ0) is 27.3. The van der Waals surface area contributed by atoms with Gasteiger partial charge < -0.3 is 9.80 Å². The Labute approximate surface area is 235 Å². The van der Waals surface area contributed by atoms with Gasteiger partial charge in [-0.25, -0.2) is 4.90 Å².